The maximum atomic E-state index is 8.56. The summed E-state index contributed by atoms with van der Waals surface area (Å²) >= 11 is 1.48. The Balaban J connectivity index is 3.55. The molecule has 0 amide bonds. The van der Waals surface area contributed by atoms with Crippen molar-refractivity contribution in [3.8, 4) is 0 Å². The highest BCUT2D eigenvalue weighted by Gasteiger charge is 1.91. The van der Waals surface area contributed by atoms with Crippen molar-refractivity contribution in [3.05, 3.63) is 23.2 Å². The van der Waals surface area contributed by atoms with Crippen LogP contribution >= 0.6 is 11.8 Å². The molecule has 0 aromatic heterocycles. The molecule has 0 saturated carbocycles. The van der Waals surface area contributed by atoms with Crippen LogP contribution in [0.5, 0.6) is 0 Å². The molecular weight excluding hydrogens is 132 g/mol. The van der Waals surface area contributed by atoms with E-state index in [2.05, 4.69) is 13.5 Å². The Hall–Kier alpha value is -0.370. The molecule has 0 aliphatic heterocycles. The highest BCUT2D eigenvalue weighted by atomic mass is 32.2. The average Bonchev–Trinajstić information content (AvgIpc) is 1.88. The van der Waals surface area contributed by atoms with Crippen LogP contribution in [0.4, 0.5) is 0 Å². The van der Waals surface area contributed by atoms with E-state index < -0.39 is 0 Å². The van der Waals surface area contributed by atoms with Gasteiger partial charge >= 0.3 is 0 Å². The molecule has 0 aromatic rings. The SMILES string of the molecule is C=CSC(=CO)CCC. The second kappa shape index (κ2) is 5.76. The first-order valence-electron chi connectivity index (χ1n) is 2.96. The second-order valence-corrected chi connectivity index (χ2v) is 2.72. The van der Waals surface area contributed by atoms with Crippen LogP contribution in [0.1, 0.15) is 19.8 Å². The molecule has 0 saturated heterocycles. The lowest BCUT2D eigenvalue weighted by Gasteiger charge is -1.96. The van der Waals surface area contributed by atoms with Crippen LogP contribution in [0.15, 0.2) is 23.2 Å². The highest BCUT2D eigenvalue weighted by molar-refractivity contribution is 8.05. The van der Waals surface area contributed by atoms with Crippen molar-refractivity contribution in [3.63, 3.8) is 0 Å². The van der Waals surface area contributed by atoms with E-state index in [1.54, 1.807) is 5.41 Å². The molecule has 0 aliphatic rings. The van der Waals surface area contributed by atoms with Crippen molar-refractivity contribution in [1.29, 1.82) is 0 Å². The summed E-state index contributed by atoms with van der Waals surface area (Å²) in [7, 11) is 0. The van der Waals surface area contributed by atoms with Gasteiger partial charge in [-0.05, 0) is 11.8 Å². The minimum Gasteiger partial charge on any atom is -0.515 e. The van der Waals surface area contributed by atoms with Crippen molar-refractivity contribution in [2.24, 2.45) is 0 Å². The largest absolute Gasteiger partial charge is 0.515 e. The Bertz CT molecular complexity index is 107. The van der Waals surface area contributed by atoms with Crippen LogP contribution in [-0.2, 0) is 0 Å². The standard InChI is InChI=1S/C7H12OS/c1-3-5-7(6-8)9-4-2/h4,6,8H,2-3,5H2,1H3. The fraction of sp³-hybridized carbons (Fsp3) is 0.429. The number of aliphatic hydroxyl groups excluding tert-OH is 1. The predicted octanol–water partition coefficient (Wildman–Crippen LogP) is 3.06. The first-order valence-corrected chi connectivity index (χ1v) is 3.84. The van der Waals surface area contributed by atoms with Gasteiger partial charge in [0.05, 0.1) is 6.26 Å². The molecule has 0 heterocycles. The molecule has 52 valence electrons. The minimum atomic E-state index is 0.938. The maximum Gasteiger partial charge on any atom is 0.0890 e. The third kappa shape index (κ3) is 4.15. The Morgan fingerprint density at radius 2 is 2.44 bits per heavy atom. The molecule has 0 spiro atoms. The van der Waals surface area contributed by atoms with Crippen LogP contribution in [0, 0.1) is 0 Å². The molecule has 2 heteroatoms. The molecule has 0 fully saturated rings. The van der Waals surface area contributed by atoms with Crippen molar-refractivity contribution in [1.82, 2.24) is 0 Å². The van der Waals surface area contributed by atoms with Gasteiger partial charge in [-0.25, -0.2) is 0 Å². The summed E-state index contributed by atoms with van der Waals surface area (Å²) in [5.74, 6) is 0. The molecule has 0 aromatic carbocycles. The van der Waals surface area contributed by atoms with Gasteiger partial charge in [-0.1, -0.05) is 31.7 Å². The van der Waals surface area contributed by atoms with E-state index in [0.717, 1.165) is 24.0 Å². The van der Waals surface area contributed by atoms with Gasteiger partial charge < -0.3 is 5.11 Å². The third-order valence-electron chi connectivity index (χ3n) is 0.875. The number of allylic oxidation sites excluding steroid dienone is 1. The van der Waals surface area contributed by atoms with Crippen molar-refractivity contribution in [2.45, 2.75) is 19.8 Å². The zero-order valence-electron chi connectivity index (χ0n) is 5.63. The van der Waals surface area contributed by atoms with Gasteiger partial charge in [-0.3, -0.25) is 0 Å². The van der Waals surface area contributed by atoms with Crippen molar-refractivity contribution in [2.75, 3.05) is 0 Å². The van der Waals surface area contributed by atoms with E-state index >= 15 is 0 Å². The average molecular weight is 144 g/mol. The van der Waals surface area contributed by atoms with E-state index in [0.29, 0.717) is 0 Å². The highest BCUT2D eigenvalue weighted by Crippen LogP contribution is 2.19. The quantitative estimate of drug-likeness (QED) is 0.612. The van der Waals surface area contributed by atoms with Gasteiger partial charge in [0.15, 0.2) is 0 Å². The molecular formula is C7H12OS. The third-order valence-corrected chi connectivity index (χ3v) is 1.65. The molecule has 0 bridgehead atoms. The van der Waals surface area contributed by atoms with E-state index in [-0.39, 0.29) is 0 Å². The van der Waals surface area contributed by atoms with Crippen LogP contribution in [0.25, 0.3) is 0 Å². The maximum absolute atomic E-state index is 8.56. The van der Waals surface area contributed by atoms with E-state index in [1.165, 1.54) is 11.8 Å². The molecule has 1 nitrogen and oxygen atoms in total. The van der Waals surface area contributed by atoms with Crippen LogP contribution in [0.2, 0.25) is 0 Å². The van der Waals surface area contributed by atoms with E-state index in [4.69, 9.17) is 5.11 Å². The molecule has 9 heavy (non-hydrogen) atoms. The van der Waals surface area contributed by atoms with Gasteiger partial charge in [0.1, 0.15) is 0 Å². The smallest absolute Gasteiger partial charge is 0.0890 e. The van der Waals surface area contributed by atoms with Crippen LogP contribution < -0.4 is 0 Å². The lowest BCUT2D eigenvalue weighted by molar-refractivity contribution is 0.469. The molecule has 0 radical (unpaired) electrons. The lowest BCUT2D eigenvalue weighted by atomic mass is 10.3. The van der Waals surface area contributed by atoms with E-state index in [1.807, 2.05) is 0 Å². The molecule has 0 rings (SSSR count). The number of hydrogen-bond donors (Lipinski definition) is 1. The number of thioether (sulfide) groups is 1. The van der Waals surface area contributed by atoms with Crippen molar-refractivity contribution >= 4 is 11.8 Å². The van der Waals surface area contributed by atoms with Crippen molar-refractivity contribution < 1.29 is 5.11 Å². The number of rotatable bonds is 4. The predicted molar refractivity (Wildman–Crippen MR) is 43.4 cm³/mol. The lowest BCUT2D eigenvalue weighted by Crippen LogP contribution is -1.73. The van der Waals surface area contributed by atoms with Gasteiger partial charge in [0.2, 0.25) is 0 Å². The van der Waals surface area contributed by atoms with Gasteiger partial charge in [0, 0.05) is 4.91 Å². The van der Waals surface area contributed by atoms with Crippen LogP contribution in [-0.4, -0.2) is 5.11 Å². The fourth-order valence-corrected chi connectivity index (χ4v) is 1.10. The Morgan fingerprint density at radius 3 is 2.78 bits per heavy atom. The van der Waals surface area contributed by atoms with Gasteiger partial charge in [-0.2, -0.15) is 0 Å². The zero-order chi connectivity index (χ0) is 7.11. The summed E-state index contributed by atoms with van der Waals surface area (Å²) < 4.78 is 0. The van der Waals surface area contributed by atoms with E-state index in [9.17, 15) is 0 Å². The molecule has 0 aliphatic carbocycles. The number of aliphatic hydroxyl groups is 1. The molecule has 1 N–H and O–H groups in total. The summed E-state index contributed by atoms with van der Waals surface area (Å²) in [5, 5.41) is 10.3. The molecule has 0 unspecified atom stereocenters. The van der Waals surface area contributed by atoms with Crippen LogP contribution in [0.3, 0.4) is 0 Å². The summed E-state index contributed by atoms with van der Waals surface area (Å²) in [4.78, 5) is 0.979. The first-order chi connectivity index (χ1) is 4.35. The minimum absolute atomic E-state index is 0.938. The summed E-state index contributed by atoms with van der Waals surface area (Å²) in [6.07, 6.45) is 3.15. The fourth-order valence-electron chi connectivity index (χ4n) is 0.507. The van der Waals surface area contributed by atoms with Gasteiger partial charge in [0.25, 0.3) is 0 Å². The number of hydrogen-bond acceptors (Lipinski definition) is 2. The Labute approximate surface area is 60.5 Å². The second-order valence-electron chi connectivity index (χ2n) is 1.63. The normalized spacial score (nSPS) is 11.4. The van der Waals surface area contributed by atoms with Gasteiger partial charge in [-0.15, -0.1) is 0 Å². The summed E-state index contributed by atoms with van der Waals surface area (Å²) in [6.45, 7) is 5.62. The topological polar surface area (TPSA) is 20.2 Å². The summed E-state index contributed by atoms with van der Waals surface area (Å²) in [6, 6.07) is 0. The first kappa shape index (κ1) is 8.63. The zero-order valence-corrected chi connectivity index (χ0v) is 6.45. The molecule has 0 atom stereocenters. The summed E-state index contributed by atoms with van der Waals surface area (Å²) in [5.41, 5.74) is 0. The monoisotopic (exact) mass is 144 g/mol. The Kier molecular flexibility index (Phi) is 5.52. The Morgan fingerprint density at radius 1 is 1.78 bits per heavy atom.